The Morgan fingerprint density at radius 3 is 2.07 bits per heavy atom. The molecule has 1 aromatic carbocycles. The molecule has 6 nitrogen and oxygen atoms in total. The first-order valence-electron chi connectivity index (χ1n) is 3.62. The molecule has 0 bridgehead atoms. The fourth-order valence-electron chi connectivity index (χ4n) is 0.881. The van der Waals surface area contributed by atoms with Crippen LogP contribution < -0.4 is 16.4 Å². The number of carbonyl (C=O) groups excluding carboxylic acids is 1. The Bertz CT molecular complexity index is 388. The number of primary amides is 1. The van der Waals surface area contributed by atoms with Crippen LogP contribution >= 0.6 is 7.60 Å². The summed E-state index contributed by atoms with van der Waals surface area (Å²) < 4.78 is 10.7. The Morgan fingerprint density at radius 2 is 1.73 bits per heavy atom. The molecule has 0 aliphatic rings. The van der Waals surface area contributed by atoms with Crippen molar-refractivity contribution >= 4 is 54.2 Å². The second-order valence-corrected chi connectivity index (χ2v) is 4.18. The van der Waals surface area contributed by atoms with Crippen LogP contribution in [0, 0.1) is 0 Å². The number of amides is 2. The van der Waals surface area contributed by atoms with E-state index in [9.17, 15) is 9.36 Å². The van der Waals surface area contributed by atoms with Crippen LogP contribution in [0.2, 0.25) is 0 Å². The molecule has 0 fully saturated rings. The Kier molecular flexibility index (Phi) is 5.51. The van der Waals surface area contributed by atoms with Gasteiger partial charge in [-0.05, 0) is 24.3 Å². The van der Waals surface area contributed by atoms with Crippen LogP contribution in [0.25, 0.3) is 0 Å². The van der Waals surface area contributed by atoms with Gasteiger partial charge in [-0.3, -0.25) is 4.57 Å². The first-order valence-corrected chi connectivity index (χ1v) is 5.23. The van der Waals surface area contributed by atoms with Gasteiger partial charge in [-0.25, -0.2) is 4.79 Å². The van der Waals surface area contributed by atoms with Gasteiger partial charge in [0.15, 0.2) is 0 Å². The molecule has 77 valence electrons. The van der Waals surface area contributed by atoms with Crippen molar-refractivity contribution in [3.8, 4) is 0 Å². The third kappa shape index (κ3) is 4.79. The minimum Gasteiger partial charge on any atom is -0.351 e. The maximum Gasteiger partial charge on any atom is 0.356 e. The first kappa shape index (κ1) is 14.6. The molecule has 0 saturated carbocycles. The van der Waals surface area contributed by atoms with E-state index in [1.54, 1.807) is 0 Å². The molecule has 5 N–H and O–H groups in total. The summed E-state index contributed by atoms with van der Waals surface area (Å²) in [6.07, 6.45) is 0. The van der Waals surface area contributed by atoms with Gasteiger partial charge in [-0.1, -0.05) is 0 Å². The molecular weight excluding hydrogens is 230 g/mol. The SMILES string of the molecule is NC(=O)Nc1ccc(P(=O)(O)O)cc1.[Na]. The van der Waals surface area contributed by atoms with Crippen LogP contribution in [-0.2, 0) is 4.57 Å². The van der Waals surface area contributed by atoms with Gasteiger partial charge in [0.2, 0.25) is 0 Å². The molecule has 0 unspecified atom stereocenters. The molecule has 1 aromatic rings. The number of rotatable bonds is 2. The number of hydrogen-bond donors (Lipinski definition) is 4. The number of urea groups is 1. The zero-order valence-corrected chi connectivity index (χ0v) is 10.9. The molecule has 1 rings (SSSR count). The number of nitrogens with two attached hydrogens (primary N) is 1. The van der Waals surface area contributed by atoms with Gasteiger partial charge in [0.25, 0.3) is 0 Å². The monoisotopic (exact) mass is 239 g/mol. The van der Waals surface area contributed by atoms with Crippen LogP contribution in [0.3, 0.4) is 0 Å². The fraction of sp³-hybridized carbons (Fsp3) is 0. The van der Waals surface area contributed by atoms with E-state index in [4.69, 9.17) is 15.5 Å². The van der Waals surface area contributed by atoms with Crippen LogP contribution in [0.15, 0.2) is 24.3 Å². The second kappa shape index (κ2) is 5.65. The molecule has 0 atom stereocenters. The summed E-state index contributed by atoms with van der Waals surface area (Å²) in [5, 5.41) is 2.17. The largest absolute Gasteiger partial charge is 0.356 e. The van der Waals surface area contributed by atoms with Crippen LogP contribution in [0.5, 0.6) is 0 Å². The van der Waals surface area contributed by atoms with E-state index in [0.29, 0.717) is 5.69 Å². The predicted octanol–water partition coefficient (Wildman–Crippen LogP) is -0.401. The van der Waals surface area contributed by atoms with E-state index < -0.39 is 13.6 Å². The number of hydrogen-bond acceptors (Lipinski definition) is 2. The Morgan fingerprint density at radius 1 is 1.27 bits per heavy atom. The van der Waals surface area contributed by atoms with Gasteiger partial charge in [0.05, 0.1) is 5.30 Å². The van der Waals surface area contributed by atoms with Crippen molar-refractivity contribution in [2.45, 2.75) is 0 Å². The smallest absolute Gasteiger partial charge is 0.351 e. The molecule has 0 heterocycles. The average Bonchev–Trinajstić information content (AvgIpc) is 2.02. The summed E-state index contributed by atoms with van der Waals surface area (Å²) in [5.41, 5.74) is 5.23. The molecule has 0 saturated heterocycles. The standard InChI is InChI=1S/C7H9N2O4P.Na/c8-7(10)9-5-1-3-6(4-2-5)14(11,12)13;/h1-4H,(H3,8,9,10)(H2,11,12,13);. The predicted molar refractivity (Wildman–Crippen MR) is 57.1 cm³/mol. The van der Waals surface area contributed by atoms with Gasteiger partial charge in [0, 0.05) is 35.2 Å². The third-order valence-corrected chi connectivity index (χ3v) is 2.44. The van der Waals surface area contributed by atoms with E-state index in [-0.39, 0.29) is 34.9 Å². The van der Waals surface area contributed by atoms with Crippen LogP contribution in [-0.4, -0.2) is 45.4 Å². The minimum atomic E-state index is -4.22. The summed E-state index contributed by atoms with van der Waals surface area (Å²) in [5.74, 6) is 0. The van der Waals surface area contributed by atoms with Gasteiger partial charge in [-0.2, -0.15) is 0 Å². The average molecular weight is 239 g/mol. The Labute approximate surface area is 108 Å². The van der Waals surface area contributed by atoms with E-state index in [1.165, 1.54) is 24.3 Å². The molecule has 0 aliphatic carbocycles. The van der Waals surface area contributed by atoms with Gasteiger partial charge >= 0.3 is 13.6 Å². The molecule has 15 heavy (non-hydrogen) atoms. The Hall–Kier alpha value is -0.360. The topological polar surface area (TPSA) is 113 Å². The number of carbonyl (C=O) groups is 1. The number of anilines is 1. The molecule has 1 radical (unpaired) electrons. The quantitative estimate of drug-likeness (QED) is 0.415. The van der Waals surface area contributed by atoms with E-state index in [2.05, 4.69) is 5.32 Å². The molecular formula is C7H9N2NaO4P. The fourth-order valence-corrected chi connectivity index (χ4v) is 1.42. The molecule has 0 aromatic heterocycles. The summed E-state index contributed by atoms with van der Waals surface area (Å²) in [6, 6.07) is 4.45. The summed E-state index contributed by atoms with van der Waals surface area (Å²) >= 11 is 0. The summed E-state index contributed by atoms with van der Waals surface area (Å²) in [6.45, 7) is 0. The summed E-state index contributed by atoms with van der Waals surface area (Å²) in [7, 11) is -4.22. The van der Waals surface area contributed by atoms with Crippen LogP contribution in [0.4, 0.5) is 10.5 Å². The van der Waals surface area contributed by atoms with Gasteiger partial charge in [-0.15, -0.1) is 0 Å². The maximum atomic E-state index is 10.7. The van der Waals surface area contributed by atoms with Crippen molar-refractivity contribution in [3.63, 3.8) is 0 Å². The zero-order valence-electron chi connectivity index (χ0n) is 8.04. The number of benzene rings is 1. The molecule has 0 spiro atoms. The van der Waals surface area contributed by atoms with Gasteiger partial charge < -0.3 is 20.8 Å². The Balaban J connectivity index is 0.00000196. The van der Waals surface area contributed by atoms with Crippen molar-refractivity contribution in [1.82, 2.24) is 0 Å². The van der Waals surface area contributed by atoms with Gasteiger partial charge in [0.1, 0.15) is 0 Å². The normalized spacial score (nSPS) is 10.3. The minimum absolute atomic E-state index is 0. The van der Waals surface area contributed by atoms with E-state index in [1.807, 2.05) is 0 Å². The zero-order chi connectivity index (χ0) is 10.8. The van der Waals surface area contributed by atoms with Crippen molar-refractivity contribution in [3.05, 3.63) is 24.3 Å². The van der Waals surface area contributed by atoms with Crippen molar-refractivity contribution in [1.29, 1.82) is 0 Å². The summed E-state index contributed by atoms with van der Waals surface area (Å²) in [4.78, 5) is 27.9. The van der Waals surface area contributed by atoms with Crippen molar-refractivity contribution in [2.24, 2.45) is 5.73 Å². The maximum absolute atomic E-state index is 10.7. The second-order valence-electron chi connectivity index (χ2n) is 2.58. The van der Waals surface area contributed by atoms with Crippen molar-refractivity contribution < 1.29 is 19.1 Å². The van der Waals surface area contributed by atoms with E-state index >= 15 is 0 Å². The van der Waals surface area contributed by atoms with E-state index in [0.717, 1.165) is 0 Å². The van der Waals surface area contributed by atoms with Crippen molar-refractivity contribution in [2.75, 3.05) is 5.32 Å². The number of nitrogens with one attached hydrogen (secondary N) is 1. The molecule has 0 aliphatic heterocycles. The third-order valence-electron chi connectivity index (χ3n) is 1.47. The first-order chi connectivity index (χ1) is 6.39. The molecule has 8 heteroatoms. The van der Waals surface area contributed by atoms with Crippen LogP contribution in [0.1, 0.15) is 0 Å². The molecule has 2 amide bonds.